The first-order chi connectivity index (χ1) is 14.5. The van der Waals surface area contributed by atoms with E-state index in [-0.39, 0.29) is 40.1 Å². The van der Waals surface area contributed by atoms with Crippen molar-refractivity contribution in [3.05, 3.63) is 57.9 Å². The van der Waals surface area contributed by atoms with Crippen LogP contribution in [0.25, 0.3) is 0 Å². The Morgan fingerprint density at radius 3 is 2.62 bits per heavy atom. The van der Waals surface area contributed by atoms with Crippen molar-refractivity contribution in [2.75, 3.05) is 13.2 Å². The number of pyridine rings is 1. The van der Waals surface area contributed by atoms with Gasteiger partial charge in [-0.15, -0.1) is 17.0 Å². The molecule has 1 aromatic carbocycles. The fraction of sp³-hybridized carbons (Fsp3) is 0.500. The Labute approximate surface area is 201 Å². The molecule has 0 unspecified atom stereocenters. The molecule has 4 rings (SSSR count). The minimum absolute atomic E-state index is 0. The van der Waals surface area contributed by atoms with Crippen LogP contribution in [0.2, 0.25) is 0 Å². The zero-order valence-corrected chi connectivity index (χ0v) is 21.7. The third-order valence-corrected chi connectivity index (χ3v) is 6.56. The summed E-state index contributed by atoms with van der Waals surface area (Å²) in [5, 5.41) is 8.56. The molecular formula is C26H34BrN3O2. The summed E-state index contributed by atoms with van der Waals surface area (Å²) in [5.41, 5.74) is 5.43. The minimum atomic E-state index is -0.134. The van der Waals surface area contributed by atoms with Crippen LogP contribution in [0.3, 0.4) is 0 Å². The lowest BCUT2D eigenvalue weighted by Gasteiger charge is -2.36. The average molecular weight is 500 g/mol. The number of nitrogens with one attached hydrogen (secondary N) is 1. The van der Waals surface area contributed by atoms with Crippen molar-refractivity contribution >= 4 is 28.6 Å². The fourth-order valence-corrected chi connectivity index (χ4v) is 4.44. The van der Waals surface area contributed by atoms with Gasteiger partial charge in [0.2, 0.25) is 0 Å². The van der Waals surface area contributed by atoms with Gasteiger partial charge in [0, 0.05) is 34.5 Å². The summed E-state index contributed by atoms with van der Waals surface area (Å²) in [5.74, 6) is 1.32. The molecule has 0 saturated carbocycles. The summed E-state index contributed by atoms with van der Waals surface area (Å²) in [4.78, 5) is 19.8. The first kappa shape index (κ1) is 24.4. The van der Waals surface area contributed by atoms with Gasteiger partial charge in [0.1, 0.15) is 17.3 Å². The zero-order chi connectivity index (χ0) is 22.6. The van der Waals surface area contributed by atoms with Crippen molar-refractivity contribution in [2.24, 2.45) is 0 Å². The number of hydrogen-bond acceptors (Lipinski definition) is 4. The Kier molecular flexibility index (Phi) is 6.58. The molecule has 0 bridgehead atoms. The van der Waals surface area contributed by atoms with E-state index in [0.717, 1.165) is 41.0 Å². The van der Waals surface area contributed by atoms with Gasteiger partial charge in [0.15, 0.2) is 5.78 Å². The van der Waals surface area contributed by atoms with Crippen LogP contribution in [-0.4, -0.2) is 34.7 Å². The molecule has 172 valence electrons. The quantitative estimate of drug-likeness (QED) is 0.555. The summed E-state index contributed by atoms with van der Waals surface area (Å²) in [6.07, 6.45) is 1.76. The number of hydrogen-bond donors (Lipinski definition) is 1. The highest BCUT2D eigenvalue weighted by Crippen LogP contribution is 2.44. The molecule has 32 heavy (non-hydrogen) atoms. The van der Waals surface area contributed by atoms with Crippen LogP contribution >= 0.6 is 17.0 Å². The summed E-state index contributed by atoms with van der Waals surface area (Å²) in [6, 6.07) is 8.07. The molecule has 1 aromatic heterocycles. The lowest BCUT2D eigenvalue weighted by Crippen LogP contribution is -2.32. The maximum Gasteiger partial charge on any atom is 0.182 e. The van der Waals surface area contributed by atoms with Crippen molar-refractivity contribution < 1.29 is 9.53 Å². The Balaban J connectivity index is 0.00000289. The summed E-state index contributed by atoms with van der Waals surface area (Å²) < 4.78 is 6.10. The van der Waals surface area contributed by atoms with Crippen LogP contribution in [0.5, 0.6) is 5.75 Å². The SMILES string of the molecule is Br.CCc1ccc2c(n1)C(=N)N(CC(=O)c1cc(C(C)(C)C)c3c(c1)C(C)(C)CCO3)C2. The summed E-state index contributed by atoms with van der Waals surface area (Å²) in [7, 11) is 0. The van der Waals surface area contributed by atoms with Crippen molar-refractivity contribution in [3.63, 3.8) is 0 Å². The lowest BCUT2D eigenvalue weighted by molar-refractivity contribution is 0.0962. The average Bonchev–Trinajstić information content (AvgIpc) is 3.01. The van der Waals surface area contributed by atoms with Crippen molar-refractivity contribution in [3.8, 4) is 5.75 Å². The van der Waals surface area contributed by atoms with Gasteiger partial charge >= 0.3 is 0 Å². The molecule has 0 amide bonds. The lowest BCUT2D eigenvalue weighted by atomic mass is 9.74. The molecule has 6 heteroatoms. The topological polar surface area (TPSA) is 66.3 Å². The number of amidine groups is 1. The van der Waals surface area contributed by atoms with Gasteiger partial charge in [-0.2, -0.15) is 0 Å². The van der Waals surface area contributed by atoms with Gasteiger partial charge in [0.05, 0.1) is 13.2 Å². The number of rotatable bonds is 4. The molecule has 0 fully saturated rings. The number of ketones is 1. The number of carbonyl (C=O) groups excluding carboxylic acids is 1. The Morgan fingerprint density at radius 2 is 1.97 bits per heavy atom. The zero-order valence-electron chi connectivity index (χ0n) is 20.0. The number of halogens is 1. The first-order valence-electron chi connectivity index (χ1n) is 11.2. The van der Waals surface area contributed by atoms with E-state index < -0.39 is 0 Å². The van der Waals surface area contributed by atoms with Crippen LogP contribution < -0.4 is 4.74 Å². The molecule has 2 aliphatic heterocycles. The van der Waals surface area contributed by atoms with Gasteiger partial charge < -0.3 is 9.64 Å². The maximum absolute atomic E-state index is 13.4. The highest BCUT2D eigenvalue weighted by Gasteiger charge is 2.35. The van der Waals surface area contributed by atoms with Crippen LogP contribution in [0.1, 0.15) is 86.4 Å². The molecule has 3 heterocycles. The normalized spacial score (nSPS) is 16.7. The van der Waals surface area contributed by atoms with Crippen molar-refractivity contribution in [2.45, 2.75) is 71.8 Å². The van der Waals surface area contributed by atoms with E-state index in [2.05, 4.69) is 46.5 Å². The highest BCUT2D eigenvalue weighted by molar-refractivity contribution is 8.93. The summed E-state index contributed by atoms with van der Waals surface area (Å²) >= 11 is 0. The van der Waals surface area contributed by atoms with E-state index in [1.54, 1.807) is 0 Å². The number of carbonyl (C=O) groups is 1. The maximum atomic E-state index is 13.4. The van der Waals surface area contributed by atoms with Gasteiger partial charge in [-0.1, -0.05) is 47.6 Å². The van der Waals surface area contributed by atoms with Gasteiger partial charge in [-0.3, -0.25) is 10.2 Å². The molecule has 0 aliphatic carbocycles. The third kappa shape index (κ3) is 4.34. The molecule has 0 spiro atoms. The van der Waals surface area contributed by atoms with E-state index >= 15 is 0 Å². The van der Waals surface area contributed by atoms with Crippen LogP contribution in [0.4, 0.5) is 0 Å². The summed E-state index contributed by atoms with van der Waals surface area (Å²) in [6.45, 7) is 14.4. The van der Waals surface area contributed by atoms with E-state index in [4.69, 9.17) is 10.1 Å². The van der Waals surface area contributed by atoms with E-state index in [1.807, 2.05) is 29.2 Å². The molecule has 0 radical (unpaired) electrons. The van der Waals surface area contributed by atoms with Crippen molar-refractivity contribution in [1.82, 2.24) is 9.88 Å². The Hall–Kier alpha value is -2.21. The molecule has 2 aliphatic rings. The van der Waals surface area contributed by atoms with Crippen LogP contribution in [0.15, 0.2) is 24.3 Å². The molecular weight excluding hydrogens is 466 g/mol. The first-order valence-corrected chi connectivity index (χ1v) is 11.2. The largest absolute Gasteiger partial charge is 0.493 e. The Morgan fingerprint density at radius 1 is 1.25 bits per heavy atom. The molecule has 1 N–H and O–H groups in total. The van der Waals surface area contributed by atoms with E-state index in [1.165, 1.54) is 0 Å². The van der Waals surface area contributed by atoms with Crippen molar-refractivity contribution in [1.29, 1.82) is 5.41 Å². The number of benzene rings is 1. The number of fused-ring (bicyclic) bond motifs is 2. The molecule has 2 aromatic rings. The van der Waals surface area contributed by atoms with E-state index in [9.17, 15) is 4.79 Å². The minimum Gasteiger partial charge on any atom is -0.493 e. The predicted octanol–water partition coefficient (Wildman–Crippen LogP) is 5.60. The third-order valence-electron chi connectivity index (χ3n) is 6.56. The molecule has 0 atom stereocenters. The number of ether oxygens (including phenoxy) is 1. The number of Topliss-reactive ketones (excluding diaryl/α,β-unsaturated/α-hetero) is 1. The second kappa shape index (κ2) is 8.62. The number of aryl methyl sites for hydroxylation is 1. The Bertz CT molecular complexity index is 1050. The number of nitrogens with zero attached hydrogens (tertiary/aromatic N) is 2. The highest BCUT2D eigenvalue weighted by atomic mass is 79.9. The van der Waals surface area contributed by atoms with E-state index in [0.29, 0.717) is 30.2 Å². The van der Waals surface area contributed by atoms with Crippen LogP contribution in [-0.2, 0) is 23.8 Å². The standard InChI is InChI=1S/C26H33N3O2.BrH/c1-7-18-9-8-16-14-29(24(27)22(16)28-18)15-21(30)17-12-19(25(2,3)4)23-20(13-17)26(5,6)10-11-31-23;/h8-9,12-13,27H,7,10-11,14-15H2,1-6H3;1H. The van der Waals surface area contributed by atoms with Gasteiger partial charge in [0.25, 0.3) is 0 Å². The smallest absolute Gasteiger partial charge is 0.182 e. The molecule has 0 saturated heterocycles. The molecule has 5 nitrogen and oxygen atoms in total. The van der Waals surface area contributed by atoms with Gasteiger partial charge in [-0.05, 0) is 41.9 Å². The monoisotopic (exact) mass is 499 g/mol. The number of aromatic nitrogens is 1. The second-order valence-corrected chi connectivity index (χ2v) is 10.4. The van der Waals surface area contributed by atoms with Crippen LogP contribution in [0, 0.1) is 5.41 Å². The predicted molar refractivity (Wildman–Crippen MR) is 134 cm³/mol. The fourth-order valence-electron chi connectivity index (χ4n) is 4.44. The second-order valence-electron chi connectivity index (χ2n) is 10.4. The van der Waals surface area contributed by atoms with Gasteiger partial charge in [-0.25, -0.2) is 4.98 Å².